The summed E-state index contributed by atoms with van der Waals surface area (Å²) < 4.78 is 0. The van der Waals surface area contributed by atoms with Gasteiger partial charge in [0.05, 0.1) is 11.9 Å². The Morgan fingerprint density at radius 1 is 1.50 bits per heavy atom. The van der Waals surface area contributed by atoms with Crippen LogP contribution < -0.4 is 10.6 Å². The fourth-order valence-corrected chi connectivity index (χ4v) is 1.79. The summed E-state index contributed by atoms with van der Waals surface area (Å²) in [5.41, 5.74) is 1.40. The molecule has 0 bridgehead atoms. The summed E-state index contributed by atoms with van der Waals surface area (Å²) >= 11 is 1.80. The monoisotopic (exact) mass is 267 g/mol. The number of pyridine rings is 1. The van der Waals surface area contributed by atoms with E-state index in [0.29, 0.717) is 17.5 Å². The highest BCUT2D eigenvalue weighted by Gasteiger charge is 2.07. The van der Waals surface area contributed by atoms with E-state index in [1.54, 1.807) is 24.0 Å². The molecule has 0 aliphatic heterocycles. The molecule has 4 nitrogen and oxygen atoms in total. The minimum Gasteiger partial charge on any atom is -0.384 e. The molecule has 1 aromatic rings. The molecule has 1 atom stereocenters. The number of hydrogen-bond donors (Lipinski definition) is 2. The molecule has 0 saturated carbocycles. The Balaban J connectivity index is 2.41. The lowest BCUT2D eigenvalue weighted by atomic mass is 10.3. The Kier molecular flexibility index (Phi) is 6.57. The van der Waals surface area contributed by atoms with Crippen molar-refractivity contribution in [2.24, 2.45) is 0 Å². The third kappa shape index (κ3) is 4.96. The largest absolute Gasteiger partial charge is 0.384 e. The minimum atomic E-state index is -0.105. The van der Waals surface area contributed by atoms with Crippen LogP contribution in [0.25, 0.3) is 0 Å². The molecular weight excluding hydrogens is 246 g/mol. The molecule has 1 aromatic heterocycles. The van der Waals surface area contributed by atoms with Crippen LogP contribution in [0.1, 0.15) is 30.8 Å². The van der Waals surface area contributed by atoms with Crippen molar-refractivity contribution in [3.8, 4) is 0 Å². The standard InChI is InChI=1S/C13H21N3OS/c1-4-14-11-5-6-12(16-9-11)13(17)15-8-7-10(2)18-3/h5-6,9-10,14H,4,7-8H2,1-3H3,(H,15,17). The van der Waals surface area contributed by atoms with Gasteiger partial charge in [-0.25, -0.2) is 4.98 Å². The van der Waals surface area contributed by atoms with E-state index in [-0.39, 0.29) is 5.91 Å². The lowest BCUT2D eigenvalue weighted by Gasteiger charge is -2.09. The number of aromatic nitrogens is 1. The van der Waals surface area contributed by atoms with Crippen LogP contribution in [0.3, 0.4) is 0 Å². The van der Waals surface area contributed by atoms with Crippen LogP contribution in [0, 0.1) is 0 Å². The van der Waals surface area contributed by atoms with E-state index in [2.05, 4.69) is 28.8 Å². The SMILES string of the molecule is CCNc1ccc(C(=O)NCCC(C)SC)nc1. The molecule has 2 N–H and O–H groups in total. The second-order valence-corrected chi connectivity index (χ2v) is 5.33. The van der Waals surface area contributed by atoms with Crippen molar-refractivity contribution in [1.82, 2.24) is 10.3 Å². The number of carbonyl (C=O) groups is 1. The Hall–Kier alpha value is -1.23. The molecule has 0 spiro atoms. The third-order valence-corrected chi connectivity index (χ3v) is 3.66. The van der Waals surface area contributed by atoms with E-state index in [4.69, 9.17) is 0 Å². The van der Waals surface area contributed by atoms with Crippen molar-refractivity contribution in [2.45, 2.75) is 25.5 Å². The smallest absolute Gasteiger partial charge is 0.269 e. The fourth-order valence-electron chi connectivity index (χ4n) is 1.43. The molecular formula is C13H21N3OS. The van der Waals surface area contributed by atoms with Gasteiger partial charge in [0, 0.05) is 18.3 Å². The van der Waals surface area contributed by atoms with E-state index >= 15 is 0 Å². The number of nitrogens with one attached hydrogen (secondary N) is 2. The van der Waals surface area contributed by atoms with Gasteiger partial charge in [0.2, 0.25) is 0 Å². The van der Waals surface area contributed by atoms with Gasteiger partial charge in [0.15, 0.2) is 0 Å². The van der Waals surface area contributed by atoms with Crippen LogP contribution in [0.4, 0.5) is 5.69 Å². The van der Waals surface area contributed by atoms with Gasteiger partial charge in [-0.15, -0.1) is 0 Å². The Morgan fingerprint density at radius 3 is 2.83 bits per heavy atom. The van der Waals surface area contributed by atoms with E-state index in [1.165, 1.54) is 0 Å². The lowest BCUT2D eigenvalue weighted by Crippen LogP contribution is -2.26. The maximum atomic E-state index is 11.8. The van der Waals surface area contributed by atoms with E-state index in [9.17, 15) is 4.79 Å². The number of nitrogens with zero attached hydrogens (tertiary/aromatic N) is 1. The van der Waals surface area contributed by atoms with Gasteiger partial charge >= 0.3 is 0 Å². The van der Waals surface area contributed by atoms with Crippen LogP contribution in [0.5, 0.6) is 0 Å². The molecule has 1 amide bonds. The van der Waals surface area contributed by atoms with Crippen molar-refractivity contribution < 1.29 is 4.79 Å². The highest BCUT2D eigenvalue weighted by molar-refractivity contribution is 7.99. The molecule has 1 rings (SSSR count). The summed E-state index contributed by atoms with van der Waals surface area (Å²) in [6, 6.07) is 3.61. The van der Waals surface area contributed by atoms with Crippen LogP contribution in [-0.2, 0) is 0 Å². The number of carbonyl (C=O) groups excluding carboxylic acids is 1. The van der Waals surface area contributed by atoms with Crippen LogP contribution in [0.2, 0.25) is 0 Å². The predicted molar refractivity (Wildman–Crippen MR) is 78.3 cm³/mol. The second-order valence-electron chi connectivity index (χ2n) is 4.05. The fraction of sp³-hybridized carbons (Fsp3) is 0.538. The van der Waals surface area contributed by atoms with Crippen LogP contribution in [0.15, 0.2) is 18.3 Å². The number of amides is 1. The molecule has 0 radical (unpaired) electrons. The van der Waals surface area contributed by atoms with Gasteiger partial charge in [-0.05, 0) is 31.7 Å². The van der Waals surface area contributed by atoms with Crippen molar-refractivity contribution in [2.75, 3.05) is 24.7 Å². The van der Waals surface area contributed by atoms with Crippen LogP contribution in [-0.4, -0.2) is 35.5 Å². The zero-order valence-electron chi connectivity index (χ0n) is 11.2. The Morgan fingerprint density at radius 2 is 2.28 bits per heavy atom. The molecule has 0 aromatic carbocycles. The highest BCUT2D eigenvalue weighted by Crippen LogP contribution is 2.08. The summed E-state index contributed by atoms with van der Waals surface area (Å²) in [6.07, 6.45) is 4.73. The number of hydrogen-bond acceptors (Lipinski definition) is 4. The zero-order valence-corrected chi connectivity index (χ0v) is 12.0. The summed E-state index contributed by atoms with van der Waals surface area (Å²) in [7, 11) is 0. The Labute approximate surface area is 113 Å². The van der Waals surface area contributed by atoms with Crippen molar-refractivity contribution >= 4 is 23.4 Å². The van der Waals surface area contributed by atoms with Gasteiger partial charge < -0.3 is 10.6 Å². The average molecular weight is 267 g/mol. The van der Waals surface area contributed by atoms with Crippen molar-refractivity contribution in [3.63, 3.8) is 0 Å². The van der Waals surface area contributed by atoms with Gasteiger partial charge in [-0.1, -0.05) is 6.92 Å². The van der Waals surface area contributed by atoms with Crippen molar-refractivity contribution in [3.05, 3.63) is 24.0 Å². The maximum absolute atomic E-state index is 11.8. The van der Waals surface area contributed by atoms with Gasteiger partial charge in [-0.2, -0.15) is 11.8 Å². The molecule has 0 saturated heterocycles. The first-order valence-electron chi connectivity index (χ1n) is 6.18. The molecule has 0 aliphatic carbocycles. The first kappa shape index (κ1) is 14.8. The highest BCUT2D eigenvalue weighted by atomic mass is 32.2. The lowest BCUT2D eigenvalue weighted by molar-refractivity contribution is 0.0948. The Bertz CT molecular complexity index is 367. The summed E-state index contributed by atoms with van der Waals surface area (Å²) in [4.78, 5) is 15.9. The third-order valence-electron chi connectivity index (χ3n) is 2.62. The molecule has 5 heteroatoms. The quantitative estimate of drug-likeness (QED) is 0.796. The van der Waals surface area contributed by atoms with Crippen LogP contribution >= 0.6 is 11.8 Å². The molecule has 18 heavy (non-hydrogen) atoms. The zero-order chi connectivity index (χ0) is 13.4. The topological polar surface area (TPSA) is 54.0 Å². The van der Waals surface area contributed by atoms with Gasteiger partial charge in [-0.3, -0.25) is 4.79 Å². The average Bonchev–Trinajstić information content (AvgIpc) is 2.39. The van der Waals surface area contributed by atoms with E-state index < -0.39 is 0 Å². The van der Waals surface area contributed by atoms with E-state index in [1.807, 2.05) is 13.0 Å². The molecule has 1 heterocycles. The van der Waals surface area contributed by atoms with Gasteiger partial charge in [0.1, 0.15) is 5.69 Å². The molecule has 100 valence electrons. The maximum Gasteiger partial charge on any atom is 0.269 e. The molecule has 1 unspecified atom stereocenters. The normalized spacial score (nSPS) is 11.9. The van der Waals surface area contributed by atoms with Gasteiger partial charge in [0.25, 0.3) is 5.91 Å². The van der Waals surface area contributed by atoms with E-state index in [0.717, 1.165) is 18.7 Å². The molecule has 0 fully saturated rings. The molecule has 0 aliphatic rings. The number of rotatable bonds is 7. The number of thioether (sulfide) groups is 1. The summed E-state index contributed by atoms with van der Waals surface area (Å²) in [6.45, 7) is 5.71. The summed E-state index contributed by atoms with van der Waals surface area (Å²) in [5.74, 6) is -0.105. The predicted octanol–water partition coefficient (Wildman–Crippen LogP) is 2.38. The number of anilines is 1. The second kappa shape index (κ2) is 7.97. The van der Waals surface area contributed by atoms with Crippen molar-refractivity contribution in [1.29, 1.82) is 0 Å². The first-order chi connectivity index (χ1) is 8.67. The first-order valence-corrected chi connectivity index (χ1v) is 7.47. The summed E-state index contributed by atoms with van der Waals surface area (Å²) in [5, 5.41) is 6.59. The minimum absolute atomic E-state index is 0.105.